The molecule has 0 N–H and O–H groups in total. The fraction of sp³-hybridized carbons (Fsp3) is 0.0667. The Hall–Kier alpha value is -1.91. The summed E-state index contributed by atoms with van der Waals surface area (Å²) in [6, 6.07) is 17.6. The van der Waals surface area contributed by atoms with Gasteiger partial charge in [-0.05, 0) is 36.5 Å². The van der Waals surface area contributed by atoms with Gasteiger partial charge >= 0.3 is 0 Å². The molecule has 3 nitrogen and oxygen atoms in total. The summed E-state index contributed by atoms with van der Waals surface area (Å²) in [6.07, 6.45) is 0. The number of nitrogens with zero attached hydrogens (tertiary/aromatic N) is 3. The number of rotatable bonds is 2. The molecule has 2 aromatic carbocycles. The highest BCUT2D eigenvalue weighted by atomic mass is 35.5. The molecule has 0 atom stereocenters. The number of hydrogen-bond donors (Lipinski definition) is 0. The highest BCUT2D eigenvalue weighted by Crippen LogP contribution is 2.23. The predicted molar refractivity (Wildman–Crippen MR) is 83.8 cm³/mol. The summed E-state index contributed by atoms with van der Waals surface area (Å²) >= 11 is 11.4. The molecule has 0 saturated carbocycles. The minimum absolute atomic E-state index is 0.645. The third-order valence-corrected chi connectivity index (χ3v) is 3.74. The van der Waals surface area contributed by atoms with Gasteiger partial charge in [0.1, 0.15) is 0 Å². The molecule has 3 aromatic rings. The predicted octanol–water partition coefficient (Wildman–Crippen LogP) is 4.26. The van der Waals surface area contributed by atoms with Crippen LogP contribution in [0.1, 0.15) is 0 Å². The van der Waals surface area contributed by atoms with E-state index in [1.165, 1.54) is 0 Å². The van der Waals surface area contributed by atoms with Crippen molar-refractivity contribution in [3.05, 3.63) is 64.4 Å². The lowest BCUT2D eigenvalue weighted by molar-refractivity contribution is 0.750. The van der Waals surface area contributed by atoms with E-state index < -0.39 is 0 Å². The van der Waals surface area contributed by atoms with Gasteiger partial charge in [0, 0.05) is 17.6 Å². The molecule has 5 heteroatoms. The monoisotopic (exact) mass is 301 g/mol. The van der Waals surface area contributed by atoms with Gasteiger partial charge in [-0.1, -0.05) is 41.9 Å². The van der Waals surface area contributed by atoms with Crippen LogP contribution in [0, 0.1) is 4.77 Å². The third kappa shape index (κ3) is 2.28. The van der Waals surface area contributed by atoms with Crippen LogP contribution in [0.2, 0.25) is 5.02 Å². The lowest BCUT2D eigenvalue weighted by Gasteiger charge is -2.06. The van der Waals surface area contributed by atoms with Crippen LogP contribution in [0.25, 0.3) is 17.1 Å². The Morgan fingerprint density at radius 3 is 2.30 bits per heavy atom. The smallest absolute Gasteiger partial charge is 0.202 e. The summed E-state index contributed by atoms with van der Waals surface area (Å²) in [5.74, 6) is 0.820. The molecule has 1 heterocycles. The highest BCUT2D eigenvalue weighted by Gasteiger charge is 2.12. The Labute approximate surface area is 127 Å². The Morgan fingerprint density at radius 2 is 1.65 bits per heavy atom. The number of aromatic nitrogens is 3. The minimum atomic E-state index is 0.645. The van der Waals surface area contributed by atoms with E-state index in [-0.39, 0.29) is 0 Å². The van der Waals surface area contributed by atoms with E-state index in [1.54, 1.807) is 4.68 Å². The number of benzene rings is 2. The Kier molecular flexibility index (Phi) is 3.42. The van der Waals surface area contributed by atoms with Crippen LogP contribution in [-0.4, -0.2) is 14.3 Å². The maximum absolute atomic E-state index is 5.94. The fourth-order valence-electron chi connectivity index (χ4n) is 2.06. The van der Waals surface area contributed by atoms with Crippen LogP contribution in [0.15, 0.2) is 54.6 Å². The lowest BCUT2D eigenvalue weighted by Crippen LogP contribution is -1.97. The number of hydrogen-bond acceptors (Lipinski definition) is 2. The van der Waals surface area contributed by atoms with E-state index in [0.29, 0.717) is 9.79 Å². The van der Waals surface area contributed by atoms with Crippen molar-refractivity contribution in [2.24, 2.45) is 7.05 Å². The Morgan fingerprint density at radius 1 is 1.00 bits per heavy atom. The first-order valence-corrected chi connectivity index (χ1v) is 6.93. The average Bonchev–Trinajstić information content (AvgIpc) is 2.77. The Bertz CT molecular complexity index is 788. The molecular weight excluding hydrogens is 290 g/mol. The number of halogens is 1. The second-order valence-electron chi connectivity index (χ2n) is 4.41. The van der Waals surface area contributed by atoms with Crippen molar-refractivity contribution >= 4 is 23.8 Å². The summed E-state index contributed by atoms with van der Waals surface area (Å²) in [5.41, 5.74) is 1.97. The van der Waals surface area contributed by atoms with Crippen molar-refractivity contribution < 1.29 is 0 Å². The first-order valence-electron chi connectivity index (χ1n) is 6.14. The van der Waals surface area contributed by atoms with Crippen LogP contribution in [0.4, 0.5) is 0 Å². The fourth-order valence-corrected chi connectivity index (χ4v) is 2.42. The molecule has 20 heavy (non-hydrogen) atoms. The largest absolute Gasteiger partial charge is 0.268 e. The molecule has 0 radical (unpaired) electrons. The highest BCUT2D eigenvalue weighted by molar-refractivity contribution is 7.71. The lowest BCUT2D eigenvalue weighted by atomic mass is 10.2. The van der Waals surface area contributed by atoms with Crippen LogP contribution < -0.4 is 0 Å². The molecule has 0 amide bonds. The van der Waals surface area contributed by atoms with Crippen molar-refractivity contribution in [2.45, 2.75) is 0 Å². The molecule has 0 unspecified atom stereocenters. The van der Waals surface area contributed by atoms with Gasteiger partial charge in [-0.3, -0.25) is 4.57 Å². The summed E-state index contributed by atoms with van der Waals surface area (Å²) in [6.45, 7) is 0. The molecular formula is C15H12ClN3S. The van der Waals surface area contributed by atoms with Crippen molar-refractivity contribution in [3.8, 4) is 17.1 Å². The van der Waals surface area contributed by atoms with Gasteiger partial charge in [-0.2, -0.15) is 5.10 Å². The average molecular weight is 302 g/mol. The van der Waals surface area contributed by atoms with E-state index in [1.807, 2.05) is 66.2 Å². The molecule has 1 aromatic heterocycles. The van der Waals surface area contributed by atoms with Crippen LogP contribution in [-0.2, 0) is 7.05 Å². The van der Waals surface area contributed by atoms with Gasteiger partial charge in [0.25, 0.3) is 0 Å². The quantitative estimate of drug-likeness (QED) is 0.660. The van der Waals surface area contributed by atoms with Crippen LogP contribution in [0.5, 0.6) is 0 Å². The topological polar surface area (TPSA) is 22.8 Å². The zero-order chi connectivity index (χ0) is 14.1. The molecule has 0 fully saturated rings. The van der Waals surface area contributed by atoms with Crippen LogP contribution >= 0.6 is 23.8 Å². The first kappa shape index (κ1) is 13.1. The van der Waals surface area contributed by atoms with E-state index in [2.05, 4.69) is 5.10 Å². The number of aryl methyl sites for hydroxylation is 1. The SMILES string of the molecule is Cn1nc(-c2ccccc2)n(-c2ccc(Cl)cc2)c1=S. The summed E-state index contributed by atoms with van der Waals surface area (Å²) in [7, 11) is 1.85. The van der Waals surface area contributed by atoms with E-state index in [4.69, 9.17) is 23.8 Å². The van der Waals surface area contributed by atoms with Crippen molar-refractivity contribution in [1.82, 2.24) is 14.3 Å². The van der Waals surface area contributed by atoms with E-state index >= 15 is 0 Å². The molecule has 0 aliphatic heterocycles. The Balaban J connectivity index is 2.25. The minimum Gasteiger partial charge on any atom is -0.268 e. The second kappa shape index (κ2) is 5.23. The van der Waals surface area contributed by atoms with Gasteiger partial charge in [-0.25, -0.2) is 4.68 Å². The van der Waals surface area contributed by atoms with Crippen LogP contribution in [0.3, 0.4) is 0 Å². The van der Waals surface area contributed by atoms with Crippen molar-refractivity contribution in [2.75, 3.05) is 0 Å². The van der Waals surface area contributed by atoms with E-state index in [0.717, 1.165) is 17.1 Å². The summed E-state index contributed by atoms with van der Waals surface area (Å²) in [5, 5.41) is 5.22. The molecule has 0 spiro atoms. The molecule has 0 aliphatic carbocycles. The molecule has 0 saturated heterocycles. The summed E-state index contributed by atoms with van der Waals surface area (Å²) < 4.78 is 4.29. The van der Waals surface area contributed by atoms with Gasteiger partial charge in [-0.15, -0.1) is 0 Å². The van der Waals surface area contributed by atoms with Crippen molar-refractivity contribution in [1.29, 1.82) is 0 Å². The zero-order valence-electron chi connectivity index (χ0n) is 10.8. The van der Waals surface area contributed by atoms with Gasteiger partial charge in [0.05, 0.1) is 5.69 Å². The standard InChI is InChI=1S/C15H12ClN3S/c1-18-15(20)19(13-9-7-12(16)8-10-13)14(17-18)11-5-3-2-4-6-11/h2-10H,1H3. The van der Waals surface area contributed by atoms with Gasteiger partial charge in [0.2, 0.25) is 4.77 Å². The molecule has 0 aliphatic rings. The zero-order valence-corrected chi connectivity index (χ0v) is 12.4. The maximum Gasteiger partial charge on any atom is 0.202 e. The molecule has 0 bridgehead atoms. The van der Waals surface area contributed by atoms with Crippen molar-refractivity contribution in [3.63, 3.8) is 0 Å². The first-order chi connectivity index (χ1) is 9.66. The second-order valence-corrected chi connectivity index (χ2v) is 5.21. The summed E-state index contributed by atoms with van der Waals surface area (Å²) in [4.78, 5) is 0. The molecule has 100 valence electrons. The molecule has 3 rings (SSSR count). The van der Waals surface area contributed by atoms with E-state index in [9.17, 15) is 0 Å². The third-order valence-electron chi connectivity index (χ3n) is 3.04. The maximum atomic E-state index is 5.94. The normalized spacial score (nSPS) is 10.7. The van der Waals surface area contributed by atoms with Gasteiger partial charge in [0.15, 0.2) is 5.82 Å². The van der Waals surface area contributed by atoms with Gasteiger partial charge < -0.3 is 0 Å².